The van der Waals surface area contributed by atoms with E-state index in [0.717, 1.165) is 17.1 Å². The number of hydrogen-bond acceptors (Lipinski definition) is 2. The van der Waals surface area contributed by atoms with Crippen LogP contribution in [0.2, 0.25) is 0 Å². The first-order valence-corrected chi connectivity index (χ1v) is 19.3. The lowest BCUT2D eigenvalue weighted by Gasteiger charge is -2.26. The van der Waals surface area contributed by atoms with Crippen molar-refractivity contribution in [3.05, 3.63) is 200 Å². The smallest absolute Gasteiger partial charge is 0.0476 e. The van der Waals surface area contributed by atoms with Crippen LogP contribution in [0.3, 0.4) is 0 Å². The van der Waals surface area contributed by atoms with E-state index in [1.807, 2.05) is 11.3 Å². The summed E-state index contributed by atoms with van der Waals surface area (Å²) in [5, 5.41) is 12.8. The molecular weight excluding hydrogens is 671 g/mol. The maximum Gasteiger partial charge on any atom is 0.0476 e. The van der Waals surface area contributed by atoms with E-state index in [2.05, 4.69) is 205 Å². The second-order valence-electron chi connectivity index (χ2n) is 14.1. The number of benzene rings is 10. The molecule has 252 valence electrons. The Kier molecular flexibility index (Phi) is 7.11. The summed E-state index contributed by atoms with van der Waals surface area (Å²) in [6.45, 7) is 0. The topological polar surface area (TPSA) is 3.24 Å². The van der Waals surface area contributed by atoms with Crippen LogP contribution < -0.4 is 4.90 Å². The molecule has 0 unspecified atom stereocenters. The fraction of sp³-hybridized carbons (Fsp3) is 0. The number of nitrogens with zero attached hydrogens (tertiary/aromatic N) is 1. The van der Waals surface area contributed by atoms with Crippen LogP contribution in [0.1, 0.15) is 0 Å². The van der Waals surface area contributed by atoms with E-state index in [4.69, 9.17) is 0 Å². The number of anilines is 3. The summed E-state index contributed by atoms with van der Waals surface area (Å²) in [4.78, 5) is 2.39. The van der Waals surface area contributed by atoms with E-state index < -0.39 is 0 Å². The standard InChI is InChI=1S/C52H33NS/c1-3-11-43-35(9-1)17-18-36-19-20-38(31-49(36)43)34-21-25-40(26-22-34)53(42-29-30-48-47-15-7-8-16-51(47)54-52(48)33-42)41-27-23-37(24-28-41)50-32-39-10-2-4-12-44(39)45-13-5-6-14-46(45)50/h1-33H. The molecule has 10 aromatic carbocycles. The predicted molar refractivity (Wildman–Crippen MR) is 235 cm³/mol. The Hall–Kier alpha value is -6.74. The molecule has 0 radical (unpaired) electrons. The molecular formula is C52H33NS. The lowest BCUT2D eigenvalue weighted by Crippen LogP contribution is -2.09. The molecule has 0 spiro atoms. The average molecular weight is 704 g/mol. The Morgan fingerprint density at radius 2 is 0.796 bits per heavy atom. The molecule has 0 N–H and O–H groups in total. The highest BCUT2D eigenvalue weighted by Crippen LogP contribution is 2.42. The van der Waals surface area contributed by atoms with Crippen molar-refractivity contribution in [2.45, 2.75) is 0 Å². The van der Waals surface area contributed by atoms with E-state index in [9.17, 15) is 0 Å². The molecule has 0 aliphatic heterocycles. The Labute approximate surface area is 317 Å². The largest absolute Gasteiger partial charge is 0.310 e. The molecule has 0 amide bonds. The monoisotopic (exact) mass is 703 g/mol. The van der Waals surface area contributed by atoms with E-state index in [1.54, 1.807) is 0 Å². The van der Waals surface area contributed by atoms with Gasteiger partial charge in [0.05, 0.1) is 0 Å². The summed E-state index contributed by atoms with van der Waals surface area (Å²) in [6, 6.07) is 73.6. The van der Waals surface area contributed by atoms with Gasteiger partial charge in [-0.15, -0.1) is 11.3 Å². The number of fused-ring (bicyclic) bond motifs is 9. The van der Waals surface area contributed by atoms with Crippen molar-refractivity contribution >= 4 is 91.7 Å². The zero-order valence-electron chi connectivity index (χ0n) is 29.4. The Morgan fingerprint density at radius 1 is 0.278 bits per heavy atom. The summed E-state index contributed by atoms with van der Waals surface area (Å²) in [5.74, 6) is 0. The third kappa shape index (κ3) is 5.07. The number of rotatable bonds is 5. The Morgan fingerprint density at radius 3 is 1.56 bits per heavy atom. The first-order valence-electron chi connectivity index (χ1n) is 18.5. The van der Waals surface area contributed by atoms with Crippen LogP contribution in [-0.4, -0.2) is 0 Å². The highest BCUT2D eigenvalue weighted by atomic mass is 32.1. The van der Waals surface area contributed by atoms with E-state index in [0.29, 0.717) is 0 Å². The Bertz CT molecular complexity index is 3210. The fourth-order valence-corrected chi connectivity index (χ4v) is 9.51. The summed E-state index contributed by atoms with van der Waals surface area (Å²) in [7, 11) is 0. The molecule has 0 fully saturated rings. The minimum absolute atomic E-state index is 1.12. The van der Waals surface area contributed by atoms with Crippen molar-refractivity contribution in [1.82, 2.24) is 0 Å². The second-order valence-corrected chi connectivity index (χ2v) is 15.2. The second kappa shape index (κ2) is 12.4. The minimum atomic E-state index is 1.12. The molecule has 1 nitrogen and oxygen atoms in total. The van der Waals surface area contributed by atoms with Gasteiger partial charge in [-0.05, 0) is 120 Å². The number of thiophene rings is 1. The van der Waals surface area contributed by atoms with E-state index in [1.165, 1.54) is 85.5 Å². The maximum absolute atomic E-state index is 2.39. The van der Waals surface area contributed by atoms with Gasteiger partial charge in [0.2, 0.25) is 0 Å². The lowest BCUT2D eigenvalue weighted by molar-refractivity contribution is 1.29. The lowest BCUT2D eigenvalue weighted by atomic mass is 9.93. The molecule has 0 aliphatic carbocycles. The predicted octanol–water partition coefficient (Wildman–Crippen LogP) is 15.5. The van der Waals surface area contributed by atoms with Gasteiger partial charge in [0, 0.05) is 37.2 Å². The molecule has 1 aromatic heterocycles. The molecule has 54 heavy (non-hydrogen) atoms. The molecule has 2 heteroatoms. The van der Waals surface area contributed by atoms with Crippen LogP contribution in [0.4, 0.5) is 17.1 Å². The SMILES string of the molecule is c1ccc2c(c1)ccc1ccc(-c3ccc(N(c4ccc(-c5cc6ccccc6c6ccccc56)cc4)c4ccc5c(c4)sc4ccccc45)cc3)cc12. The zero-order chi connectivity index (χ0) is 35.6. The van der Waals surface area contributed by atoms with Gasteiger partial charge < -0.3 is 4.90 Å². The average Bonchev–Trinajstić information content (AvgIpc) is 3.62. The van der Waals surface area contributed by atoms with Gasteiger partial charge in [-0.3, -0.25) is 0 Å². The molecule has 0 saturated carbocycles. The van der Waals surface area contributed by atoms with Gasteiger partial charge >= 0.3 is 0 Å². The summed E-state index contributed by atoms with van der Waals surface area (Å²) < 4.78 is 2.61. The highest BCUT2D eigenvalue weighted by molar-refractivity contribution is 7.25. The molecule has 11 rings (SSSR count). The van der Waals surface area contributed by atoms with Crippen LogP contribution in [0.5, 0.6) is 0 Å². The van der Waals surface area contributed by atoms with Crippen molar-refractivity contribution in [2.24, 2.45) is 0 Å². The van der Waals surface area contributed by atoms with E-state index in [-0.39, 0.29) is 0 Å². The third-order valence-electron chi connectivity index (χ3n) is 11.0. The third-order valence-corrected chi connectivity index (χ3v) is 12.2. The highest BCUT2D eigenvalue weighted by Gasteiger charge is 2.17. The van der Waals surface area contributed by atoms with Gasteiger partial charge in [0.25, 0.3) is 0 Å². The van der Waals surface area contributed by atoms with Crippen LogP contribution in [0, 0.1) is 0 Å². The van der Waals surface area contributed by atoms with Gasteiger partial charge in [-0.1, -0.05) is 146 Å². The van der Waals surface area contributed by atoms with Crippen LogP contribution in [0.15, 0.2) is 200 Å². The van der Waals surface area contributed by atoms with Gasteiger partial charge in [0.15, 0.2) is 0 Å². The van der Waals surface area contributed by atoms with Gasteiger partial charge in [-0.25, -0.2) is 0 Å². The molecule has 0 atom stereocenters. The fourth-order valence-electron chi connectivity index (χ4n) is 8.37. The van der Waals surface area contributed by atoms with Crippen molar-refractivity contribution in [1.29, 1.82) is 0 Å². The van der Waals surface area contributed by atoms with Crippen molar-refractivity contribution < 1.29 is 0 Å². The van der Waals surface area contributed by atoms with Crippen molar-refractivity contribution in [3.8, 4) is 22.3 Å². The van der Waals surface area contributed by atoms with Crippen molar-refractivity contribution in [2.75, 3.05) is 4.90 Å². The van der Waals surface area contributed by atoms with Crippen LogP contribution in [0.25, 0.3) is 85.5 Å². The quantitative estimate of drug-likeness (QED) is 0.161. The first kappa shape index (κ1) is 30.8. The zero-order valence-corrected chi connectivity index (χ0v) is 30.2. The molecule has 0 aliphatic rings. The minimum Gasteiger partial charge on any atom is -0.310 e. The van der Waals surface area contributed by atoms with Gasteiger partial charge in [-0.2, -0.15) is 0 Å². The number of hydrogen-bond donors (Lipinski definition) is 0. The summed E-state index contributed by atoms with van der Waals surface area (Å²) in [6.07, 6.45) is 0. The summed E-state index contributed by atoms with van der Waals surface area (Å²) >= 11 is 1.86. The normalized spacial score (nSPS) is 11.7. The van der Waals surface area contributed by atoms with Crippen LogP contribution >= 0.6 is 11.3 Å². The molecule has 1 heterocycles. The Balaban J connectivity index is 1.03. The molecule has 0 saturated heterocycles. The molecule has 11 aromatic rings. The first-order chi connectivity index (χ1) is 26.7. The maximum atomic E-state index is 2.39. The van der Waals surface area contributed by atoms with Crippen LogP contribution in [-0.2, 0) is 0 Å². The molecule has 0 bridgehead atoms. The summed E-state index contributed by atoms with van der Waals surface area (Å²) in [5.41, 5.74) is 8.26. The van der Waals surface area contributed by atoms with Gasteiger partial charge in [0.1, 0.15) is 0 Å². The van der Waals surface area contributed by atoms with Crippen molar-refractivity contribution in [3.63, 3.8) is 0 Å². The van der Waals surface area contributed by atoms with E-state index >= 15 is 0 Å².